The van der Waals surface area contributed by atoms with Crippen LogP contribution in [0.1, 0.15) is 21.3 Å². The molecule has 0 radical (unpaired) electrons. The van der Waals surface area contributed by atoms with Gasteiger partial charge in [0.05, 0.1) is 0 Å². The van der Waals surface area contributed by atoms with Crippen molar-refractivity contribution in [3.8, 4) is 0 Å². The molecule has 1 atom stereocenters. The highest BCUT2D eigenvalue weighted by Gasteiger charge is 2.25. The summed E-state index contributed by atoms with van der Waals surface area (Å²) in [6.07, 6.45) is 2.61. The summed E-state index contributed by atoms with van der Waals surface area (Å²) in [4.78, 5) is 14.6. The van der Waals surface area contributed by atoms with Gasteiger partial charge in [0.1, 0.15) is 11.6 Å². The highest BCUT2D eigenvalue weighted by atomic mass is 35.5. The van der Waals surface area contributed by atoms with Crippen LogP contribution < -0.4 is 5.32 Å². The summed E-state index contributed by atoms with van der Waals surface area (Å²) in [5.41, 5.74) is 2.53. The SMILES string of the molecule is Cc1ccc(NC(=O)C(Sc2nncn2CCc2cccs2)c2ccccc2)cc1Cl. The average Bonchev–Trinajstić information content (AvgIpc) is 3.45. The molecule has 2 heterocycles. The minimum atomic E-state index is -0.481. The lowest BCUT2D eigenvalue weighted by molar-refractivity contribution is -0.115. The van der Waals surface area contributed by atoms with Crippen LogP contribution in [-0.2, 0) is 17.8 Å². The number of carbonyl (C=O) groups is 1. The molecule has 5 nitrogen and oxygen atoms in total. The summed E-state index contributed by atoms with van der Waals surface area (Å²) in [7, 11) is 0. The van der Waals surface area contributed by atoms with E-state index in [2.05, 4.69) is 33.0 Å². The number of rotatable bonds is 8. The standard InChI is InChI=1S/C23H21ClN4OS2/c1-16-9-10-18(14-20(16)24)26-22(29)21(17-6-3-2-4-7-17)31-23-27-25-15-28(23)12-11-19-8-5-13-30-19/h2-10,13-15,21H,11-12H2,1H3,(H,26,29). The van der Waals surface area contributed by atoms with Gasteiger partial charge in [-0.25, -0.2) is 0 Å². The first-order valence-electron chi connectivity index (χ1n) is 9.79. The lowest BCUT2D eigenvalue weighted by Gasteiger charge is -2.17. The molecule has 0 aliphatic carbocycles. The molecule has 0 spiro atoms. The minimum Gasteiger partial charge on any atom is -0.325 e. The van der Waals surface area contributed by atoms with Gasteiger partial charge in [0.25, 0.3) is 0 Å². The van der Waals surface area contributed by atoms with Crippen molar-refractivity contribution in [3.63, 3.8) is 0 Å². The highest BCUT2D eigenvalue weighted by molar-refractivity contribution is 8.00. The second-order valence-electron chi connectivity index (χ2n) is 7.00. The summed E-state index contributed by atoms with van der Waals surface area (Å²) in [6, 6.07) is 19.4. The van der Waals surface area contributed by atoms with Crippen molar-refractivity contribution < 1.29 is 4.79 Å². The molecule has 0 fully saturated rings. The number of aromatic nitrogens is 3. The van der Waals surface area contributed by atoms with Crippen molar-refractivity contribution >= 4 is 46.3 Å². The number of nitrogens with one attached hydrogen (secondary N) is 1. The Hall–Kier alpha value is -2.61. The Morgan fingerprint density at radius 1 is 1.19 bits per heavy atom. The second kappa shape index (κ2) is 10.1. The molecule has 0 bridgehead atoms. The molecular weight excluding hydrogens is 448 g/mol. The van der Waals surface area contributed by atoms with Gasteiger partial charge < -0.3 is 9.88 Å². The zero-order valence-electron chi connectivity index (χ0n) is 16.9. The van der Waals surface area contributed by atoms with Gasteiger partial charge in [-0.05, 0) is 48.1 Å². The first kappa shape index (κ1) is 21.6. The van der Waals surface area contributed by atoms with Crippen LogP contribution in [0.3, 0.4) is 0 Å². The molecule has 4 aromatic rings. The lowest BCUT2D eigenvalue weighted by Crippen LogP contribution is -2.19. The Kier molecular flexibility index (Phi) is 7.06. The monoisotopic (exact) mass is 468 g/mol. The predicted octanol–water partition coefficient (Wildman–Crippen LogP) is 6.02. The molecule has 0 saturated carbocycles. The number of aryl methyl sites for hydroxylation is 3. The van der Waals surface area contributed by atoms with Crippen molar-refractivity contribution in [1.29, 1.82) is 0 Å². The zero-order chi connectivity index (χ0) is 21.6. The molecule has 0 saturated heterocycles. The molecule has 31 heavy (non-hydrogen) atoms. The maximum Gasteiger partial charge on any atom is 0.242 e. The molecule has 4 rings (SSSR count). The van der Waals surface area contributed by atoms with Crippen molar-refractivity contribution in [2.24, 2.45) is 0 Å². The molecule has 8 heteroatoms. The van der Waals surface area contributed by atoms with E-state index in [1.807, 2.05) is 54.0 Å². The van der Waals surface area contributed by atoms with Crippen LogP contribution in [0, 0.1) is 6.92 Å². The van der Waals surface area contributed by atoms with E-state index in [4.69, 9.17) is 11.6 Å². The van der Waals surface area contributed by atoms with E-state index >= 15 is 0 Å². The lowest BCUT2D eigenvalue weighted by atomic mass is 10.1. The number of benzene rings is 2. The summed E-state index contributed by atoms with van der Waals surface area (Å²) in [5, 5.41) is 14.3. The van der Waals surface area contributed by atoms with Gasteiger partial charge >= 0.3 is 0 Å². The van der Waals surface area contributed by atoms with E-state index in [1.165, 1.54) is 16.6 Å². The van der Waals surface area contributed by atoms with Gasteiger partial charge in [-0.1, -0.05) is 65.8 Å². The molecule has 2 aromatic heterocycles. The third kappa shape index (κ3) is 5.55. The highest BCUT2D eigenvalue weighted by Crippen LogP contribution is 2.35. The van der Waals surface area contributed by atoms with Crippen molar-refractivity contribution in [3.05, 3.63) is 93.4 Å². The minimum absolute atomic E-state index is 0.135. The first-order valence-corrected chi connectivity index (χ1v) is 11.9. The third-order valence-corrected chi connectivity index (χ3v) is 7.35. The number of nitrogens with zero attached hydrogens (tertiary/aromatic N) is 3. The Balaban J connectivity index is 1.54. The zero-order valence-corrected chi connectivity index (χ0v) is 19.3. The number of hydrogen-bond donors (Lipinski definition) is 1. The van der Waals surface area contributed by atoms with Gasteiger partial charge in [-0.15, -0.1) is 21.5 Å². The topological polar surface area (TPSA) is 59.8 Å². The average molecular weight is 469 g/mol. The maximum absolute atomic E-state index is 13.3. The van der Waals surface area contributed by atoms with Gasteiger partial charge in [-0.2, -0.15) is 0 Å². The maximum atomic E-state index is 13.3. The van der Waals surface area contributed by atoms with E-state index in [0.29, 0.717) is 15.9 Å². The molecule has 1 N–H and O–H groups in total. The Bertz CT molecular complexity index is 1150. The first-order chi connectivity index (χ1) is 15.1. The Morgan fingerprint density at radius 3 is 2.77 bits per heavy atom. The molecule has 2 aromatic carbocycles. The van der Waals surface area contributed by atoms with Gasteiger partial charge in [-0.3, -0.25) is 4.79 Å². The number of anilines is 1. The van der Waals surface area contributed by atoms with Crippen LogP contribution in [-0.4, -0.2) is 20.7 Å². The molecule has 0 aliphatic rings. The van der Waals surface area contributed by atoms with Crippen LogP contribution in [0.5, 0.6) is 0 Å². The van der Waals surface area contributed by atoms with E-state index < -0.39 is 5.25 Å². The number of thiophene rings is 1. The van der Waals surface area contributed by atoms with Crippen molar-refractivity contribution in [1.82, 2.24) is 14.8 Å². The van der Waals surface area contributed by atoms with E-state index in [-0.39, 0.29) is 5.91 Å². The molecule has 158 valence electrons. The predicted molar refractivity (Wildman–Crippen MR) is 128 cm³/mol. The fourth-order valence-electron chi connectivity index (χ4n) is 3.06. The molecule has 0 aliphatic heterocycles. The van der Waals surface area contributed by atoms with E-state index in [9.17, 15) is 4.79 Å². The van der Waals surface area contributed by atoms with Crippen molar-refractivity contribution in [2.45, 2.75) is 30.3 Å². The number of thioether (sulfide) groups is 1. The summed E-state index contributed by atoms with van der Waals surface area (Å²) < 4.78 is 2.00. The second-order valence-corrected chi connectivity index (χ2v) is 9.51. The van der Waals surface area contributed by atoms with Crippen LogP contribution in [0.2, 0.25) is 5.02 Å². The fraction of sp³-hybridized carbons (Fsp3) is 0.174. The van der Waals surface area contributed by atoms with Gasteiger partial charge in [0, 0.05) is 22.1 Å². The largest absolute Gasteiger partial charge is 0.325 e. The molecule has 1 unspecified atom stereocenters. The number of carbonyl (C=O) groups excluding carboxylic acids is 1. The fourth-order valence-corrected chi connectivity index (χ4v) is 4.98. The molecular formula is C23H21ClN4OS2. The summed E-state index contributed by atoms with van der Waals surface area (Å²) >= 11 is 9.36. The Labute approximate surface area is 194 Å². The van der Waals surface area contributed by atoms with Crippen molar-refractivity contribution in [2.75, 3.05) is 5.32 Å². The number of halogens is 1. The van der Waals surface area contributed by atoms with Crippen LogP contribution in [0.25, 0.3) is 0 Å². The van der Waals surface area contributed by atoms with Gasteiger partial charge in [0.2, 0.25) is 5.91 Å². The summed E-state index contributed by atoms with van der Waals surface area (Å²) in [6.45, 7) is 2.69. The number of hydrogen-bond acceptors (Lipinski definition) is 5. The van der Waals surface area contributed by atoms with Crippen LogP contribution in [0.15, 0.2) is 77.5 Å². The Morgan fingerprint density at radius 2 is 2.03 bits per heavy atom. The van der Waals surface area contributed by atoms with E-state index in [0.717, 1.165) is 24.1 Å². The van der Waals surface area contributed by atoms with E-state index in [1.54, 1.807) is 23.7 Å². The normalized spacial score (nSPS) is 11.9. The van der Waals surface area contributed by atoms with Gasteiger partial charge in [0.15, 0.2) is 5.16 Å². The smallest absolute Gasteiger partial charge is 0.242 e. The van der Waals surface area contributed by atoms with Crippen LogP contribution in [0.4, 0.5) is 5.69 Å². The summed E-state index contributed by atoms with van der Waals surface area (Å²) in [5.74, 6) is -0.135. The number of amides is 1. The van der Waals surface area contributed by atoms with Crippen LogP contribution >= 0.6 is 34.7 Å². The quantitative estimate of drug-likeness (QED) is 0.321. The third-order valence-electron chi connectivity index (χ3n) is 4.76. The molecule has 1 amide bonds.